The number of carbonyl (C=O) groups is 1. The lowest BCUT2D eigenvalue weighted by Crippen LogP contribution is -2.17. The first kappa shape index (κ1) is 12.2. The van der Waals surface area contributed by atoms with Gasteiger partial charge in [-0.3, -0.25) is 0 Å². The van der Waals surface area contributed by atoms with Crippen molar-refractivity contribution in [3.63, 3.8) is 0 Å². The summed E-state index contributed by atoms with van der Waals surface area (Å²) in [6, 6.07) is 3.73. The molecule has 0 aliphatic carbocycles. The molecule has 0 amide bonds. The Morgan fingerprint density at radius 2 is 2.22 bits per heavy atom. The number of hydrogen-bond donors (Lipinski definition) is 1. The van der Waals surface area contributed by atoms with E-state index in [9.17, 15) is 9.18 Å². The van der Waals surface area contributed by atoms with Crippen LogP contribution in [0.5, 0.6) is 0 Å². The topological polar surface area (TPSA) is 68.0 Å². The summed E-state index contributed by atoms with van der Waals surface area (Å²) in [5.74, 6) is -1.30. The van der Waals surface area contributed by atoms with Crippen molar-refractivity contribution in [3.05, 3.63) is 35.8 Å². The highest BCUT2D eigenvalue weighted by Crippen LogP contribution is 2.23. The highest BCUT2D eigenvalue weighted by Gasteiger charge is 2.19. The Hall–Kier alpha value is -2.24. The van der Waals surface area contributed by atoms with Crippen LogP contribution < -0.4 is 0 Å². The monoisotopic (exact) mass is 249 g/mol. The van der Waals surface area contributed by atoms with Crippen molar-refractivity contribution < 1.29 is 14.3 Å². The van der Waals surface area contributed by atoms with Crippen molar-refractivity contribution in [2.24, 2.45) is 0 Å². The maximum absolute atomic E-state index is 13.2. The second-order valence-corrected chi connectivity index (χ2v) is 4.04. The molecule has 0 aliphatic rings. The molecule has 1 unspecified atom stereocenters. The van der Waals surface area contributed by atoms with E-state index < -0.39 is 12.0 Å². The summed E-state index contributed by atoms with van der Waals surface area (Å²) in [5.41, 5.74) is 1.73. The second kappa shape index (κ2) is 4.56. The van der Waals surface area contributed by atoms with Crippen LogP contribution in [0.2, 0.25) is 0 Å². The third-order valence-corrected chi connectivity index (χ3v) is 2.75. The molecule has 0 bridgehead atoms. The Morgan fingerprint density at radius 3 is 2.83 bits per heavy atom. The zero-order valence-electron chi connectivity index (χ0n) is 9.96. The van der Waals surface area contributed by atoms with Gasteiger partial charge in [0.05, 0.1) is 11.9 Å². The third kappa shape index (κ3) is 2.09. The number of aromatic nitrogens is 3. The van der Waals surface area contributed by atoms with Gasteiger partial charge < -0.3 is 5.11 Å². The van der Waals surface area contributed by atoms with Gasteiger partial charge in [-0.25, -0.2) is 13.9 Å². The molecule has 18 heavy (non-hydrogen) atoms. The molecule has 0 saturated carbocycles. The zero-order chi connectivity index (χ0) is 13.3. The maximum atomic E-state index is 13.2. The molecule has 0 fully saturated rings. The summed E-state index contributed by atoms with van der Waals surface area (Å²) in [6.45, 7) is 3.16. The molecule has 0 saturated heterocycles. The van der Waals surface area contributed by atoms with E-state index in [0.717, 1.165) is 0 Å². The average Bonchev–Trinajstić information content (AvgIpc) is 2.80. The molecule has 0 spiro atoms. The molecule has 5 nitrogen and oxygen atoms in total. The Labute approximate surface area is 103 Å². The molecule has 1 aromatic heterocycles. The summed E-state index contributed by atoms with van der Waals surface area (Å²) < 4.78 is 14.5. The summed E-state index contributed by atoms with van der Waals surface area (Å²) in [7, 11) is 0. The first-order valence-corrected chi connectivity index (χ1v) is 5.40. The number of carboxylic acid groups (broad SMARTS) is 1. The molecule has 1 atom stereocenters. The molecule has 0 radical (unpaired) electrons. The summed E-state index contributed by atoms with van der Waals surface area (Å²) in [6.07, 6.45) is 1.46. The van der Waals surface area contributed by atoms with Gasteiger partial charge in [0, 0.05) is 5.56 Å². The minimum absolute atomic E-state index is 0.302. The molecular formula is C12H12FN3O2. The number of rotatable bonds is 3. The van der Waals surface area contributed by atoms with Crippen LogP contribution in [0.4, 0.5) is 4.39 Å². The quantitative estimate of drug-likeness (QED) is 0.903. The molecular weight excluding hydrogens is 237 g/mol. The second-order valence-electron chi connectivity index (χ2n) is 4.04. The summed E-state index contributed by atoms with van der Waals surface area (Å²) >= 11 is 0. The normalized spacial score (nSPS) is 12.4. The molecule has 1 N–H and O–H groups in total. The van der Waals surface area contributed by atoms with E-state index in [1.807, 2.05) is 0 Å². The minimum atomic E-state index is -0.999. The SMILES string of the molecule is Cc1cc(-c2cnnn2C(C)C(=O)O)ccc1F. The average molecular weight is 249 g/mol. The largest absolute Gasteiger partial charge is 0.480 e. The van der Waals surface area contributed by atoms with Gasteiger partial charge >= 0.3 is 5.97 Å². The number of nitrogens with zero attached hydrogens (tertiary/aromatic N) is 3. The number of hydrogen-bond acceptors (Lipinski definition) is 3. The van der Waals surface area contributed by atoms with Crippen molar-refractivity contribution >= 4 is 5.97 Å². The van der Waals surface area contributed by atoms with Gasteiger partial charge in [0.2, 0.25) is 0 Å². The van der Waals surface area contributed by atoms with Crippen molar-refractivity contribution in [1.82, 2.24) is 15.0 Å². The lowest BCUT2D eigenvalue weighted by atomic mass is 10.1. The fourth-order valence-electron chi connectivity index (χ4n) is 1.64. The van der Waals surface area contributed by atoms with Crippen LogP contribution in [0.1, 0.15) is 18.5 Å². The standard InChI is InChI=1S/C12H12FN3O2/c1-7-5-9(3-4-10(7)13)11-6-14-15-16(11)8(2)12(17)18/h3-6,8H,1-2H3,(H,17,18). The van der Waals surface area contributed by atoms with Gasteiger partial charge in [0.15, 0.2) is 0 Å². The van der Waals surface area contributed by atoms with E-state index in [1.165, 1.54) is 23.9 Å². The Balaban J connectivity index is 2.48. The number of aliphatic carboxylic acids is 1. The maximum Gasteiger partial charge on any atom is 0.328 e. The highest BCUT2D eigenvalue weighted by atomic mass is 19.1. The first-order valence-electron chi connectivity index (χ1n) is 5.40. The van der Waals surface area contributed by atoms with Gasteiger partial charge in [-0.05, 0) is 37.6 Å². The van der Waals surface area contributed by atoms with E-state index in [4.69, 9.17) is 5.11 Å². The minimum Gasteiger partial charge on any atom is -0.480 e. The molecule has 2 aromatic rings. The van der Waals surface area contributed by atoms with Crippen molar-refractivity contribution in [2.45, 2.75) is 19.9 Å². The predicted octanol–water partition coefficient (Wildman–Crippen LogP) is 2.04. The smallest absolute Gasteiger partial charge is 0.328 e. The number of benzene rings is 1. The van der Waals surface area contributed by atoms with Crippen LogP contribution in [-0.2, 0) is 4.79 Å². The van der Waals surface area contributed by atoms with Gasteiger partial charge in [0.1, 0.15) is 11.9 Å². The molecule has 1 aromatic carbocycles. The number of carboxylic acids is 1. The van der Waals surface area contributed by atoms with Crippen LogP contribution in [-0.4, -0.2) is 26.1 Å². The molecule has 2 rings (SSSR count). The van der Waals surface area contributed by atoms with Gasteiger partial charge in [-0.15, -0.1) is 5.10 Å². The van der Waals surface area contributed by atoms with E-state index in [-0.39, 0.29) is 5.82 Å². The third-order valence-electron chi connectivity index (χ3n) is 2.75. The van der Waals surface area contributed by atoms with Crippen molar-refractivity contribution in [1.29, 1.82) is 0 Å². The van der Waals surface area contributed by atoms with E-state index in [2.05, 4.69) is 10.3 Å². The predicted molar refractivity (Wildman–Crippen MR) is 62.5 cm³/mol. The van der Waals surface area contributed by atoms with Crippen LogP contribution in [0.15, 0.2) is 24.4 Å². The Kier molecular flexibility index (Phi) is 3.10. The fourth-order valence-corrected chi connectivity index (χ4v) is 1.64. The van der Waals surface area contributed by atoms with Crippen molar-refractivity contribution in [2.75, 3.05) is 0 Å². The first-order chi connectivity index (χ1) is 8.50. The highest BCUT2D eigenvalue weighted by molar-refractivity contribution is 5.72. The van der Waals surface area contributed by atoms with Gasteiger partial charge in [0.25, 0.3) is 0 Å². The van der Waals surface area contributed by atoms with Crippen LogP contribution in [0.25, 0.3) is 11.3 Å². The lowest BCUT2D eigenvalue weighted by Gasteiger charge is -2.10. The zero-order valence-corrected chi connectivity index (χ0v) is 9.96. The Morgan fingerprint density at radius 1 is 1.50 bits per heavy atom. The number of aryl methyl sites for hydroxylation is 1. The Bertz CT molecular complexity index is 595. The van der Waals surface area contributed by atoms with E-state index in [0.29, 0.717) is 16.8 Å². The molecule has 6 heteroatoms. The van der Waals surface area contributed by atoms with Crippen molar-refractivity contribution in [3.8, 4) is 11.3 Å². The fraction of sp³-hybridized carbons (Fsp3) is 0.250. The van der Waals surface area contributed by atoms with Crippen LogP contribution in [0.3, 0.4) is 0 Å². The van der Waals surface area contributed by atoms with E-state index in [1.54, 1.807) is 19.1 Å². The van der Waals surface area contributed by atoms with Gasteiger partial charge in [-0.2, -0.15) is 0 Å². The van der Waals surface area contributed by atoms with Crippen LogP contribution >= 0.6 is 0 Å². The molecule has 94 valence electrons. The van der Waals surface area contributed by atoms with E-state index >= 15 is 0 Å². The van der Waals surface area contributed by atoms with Gasteiger partial charge in [-0.1, -0.05) is 5.21 Å². The molecule has 0 aliphatic heterocycles. The van der Waals surface area contributed by atoms with Crippen LogP contribution in [0, 0.1) is 12.7 Å². The summed E-state index contributed by atoms with van der Waals surface area (Å²) in [4.78, 5) is 11.0. The molecule has 1 heterocycles. The summed E-state index contributed by atoms with van der Waals surface area (Å²) in [5, 5.41) is 16.4. The number of halogens is 1. The lowest BCUT2D eigenvalue weighted by molar-refractivity contribution is -0.140.